The molecule has 1 aliphatic heterocycles. The van der Waals surface area contributed by atoms with Gasteiger partial charge in [0.1, 0.15) is 42.9 Å². The predicted octanol–water partition coefficient (Wildman–Crippen LogP) is 3.12. The van der Waals surface area contributed by atoms with Crippen molar-refractivity contribution in [1.29, 1.82) is 0 Å². The number of carboxylic acids is 1. The second kappa shape index (κ2) is 11.9. The van der Waals surface area contributed by atoms with Crippen LogP contribution in [0, 0.1) is 0 Å². The van der Waals surface area contributed by atoms with Gasteiger partial charge in [0.2, 0.25) is 6.23 Å². The third-order valence-corrected chi connectivity index (χ3v) is 7.51. The van der Waals surface area contributed by atoms with Crippen molar-refractivity contribution in [1.82, 2.24) is 24.6 Å². The number of rotatable bonds is 11. The maximum atomic E-state index is 13.4. The fraction of sp³-hybridized carbons (Fsp3) is 0.192. The fourth-order valence-electron chi connectivity index (χ4n) is 3.89. The number of nitrogens with one attached hydrogen (secondary N) is 2. The third kappa shape index (κ3) is 6.42. The van der Waals surface area contributed by atoms with Gasteiger partial charge in [0, 0.05) is 5.56 Å². The van der Waals surface area contributed by atoms with Gasteiger partial charge >= 0.3 is 13.7 Å². The Morgan fingerprint density at radius 3 is 2.51 bits per heavy atom. The van der Waals surface area contributed by atoms with Gasteiger partial charge in [-0.3, -0.25) is 18.7 Å². The molecule has 212 valence electrons. The molecule has 2 unspecified atom stereocenters. The van der Waals surface area contributed by atoms with Crippen LogP contribution in [-0.4, -0.2) is 60.4 Å². The normalized spacial score (nSPS) is 18.6. The van der Waals surface area contributed by atoms with Crippen molar-refractivity contribution < 1.29 is 38.2 Å². The summed E-state index contributed by atoms with van der Waals surface area (Å²) < 4.78 is 31.7. The molecule has 0 saturated carbocycles. The van der Waals surface area contributed by atoms with E-state index < -0.39 is 38.7 Å². The van der Waals surface area contributed by atoms with Crippen LogP contribution in [0.4, 0.5) is 5.82 Å². The fourth-order valence-corrected chi connectivity index (χ4v) is 5.35. The van der Waals surface area contributed by atoms with Crippen molar-refractivity contribution in [3.63, 3.8) is 0 Å². The average molecular weight is 580 g/mol. The zero-order valence-electron chi connectivity index (χ0n) is 21.5. The molecule has 0 bridgehead atoms. The molecule has 0 radical (unpaired) electrons. The summed E-state index contributed by atoms with van der Waals surface area (Å²) in [5, 5.41) is 25.1. The number of carboxylic acid groups (broad SMARTS) is 1. The van der Waals surface area contributed by atoms with Crippen molar-refractivity contribution in [3.05, 3.63) is 90.7 Å². The van der Waals surface area contributed by atoms with Gasteiger partial charge < -0.3 is 24.8 Å². The molecule has 0 spiro atoms. The molecule has 1 amide bonds. The highest BCUT2D eigenvalue weighted by molar-refractivity contribution is 7.52. The monoisotopic (exact) mass is 580 g/mol. The molecular weight excluding hydrogens is 555 g/mol. The highest BCUT2D eigenvalue weighted by Crippen LogP contribution is 2.46. The van der Waals surface area contributed by atoms with Crippen LogP contribution < -0.4 is 14.9 Å². The Morgan fingerprint density at radius 2 is 1.80 bits per heavy atom. The van der Waals surface area contributed by atoms with E-state index in [-0.39, 0.29) is 34.4 Å². The highest BCUT2D eigenvalue weighted by atomic mass is 31.2. The first-order chi connectivity index (χ1) is 19.7. The van der Waals surface area contributed by atoms with Crippen LogP contribution in [0.15, 0.2) is 85.2 Å². The van der Waals surface area contributed by atoms with E-state index in [9.17, 15) is 24.4 Å². The largest absolute Gasteiger partial charge is 0.480 e. The molecule has 0 saturated heterocycles. The van der Waals surface area contributed by atoms with E-state index in [4.69, 9.17) is 13.8 Å². The number of aliphatic hydroxyl groups is 1. The first-order valence-corrected chi connectivity index (χ1v) is 13.9. The number of aromatic nitrogens is 4. The molecule has 4 N–H and O–H groups in total. The number of fused-ring (bicyclic) bond motifs is 1. The number of aliphatic hydroxyl groups excluding tert-OH is 1. The standard InChI is InChI=1S/C26H25N6O8P/c1-16(26(35)36)31-41(37,40-18-10-6-3-7-11-18)38-13-19-12-20(33)25(39-19)32-15-29-21-22(27-14-28-23(21)32)30-24(34)17-8-4-2-5-9-17/h2-12,14-16,20,25,33H,13H2,1H3,(H,31,37)(H,35,36)(H,27,28,30,34)/t16-,20?,25?,41-/m0/s1. The summed E-state index contributed by atoms with van der Waals surface area (Å²) >= 11 is 0. The zero-order chi connectivity index (χ0) is 29.0. The van der Waals surface area contributed by atoms with E-state index in [1.54, 1.807) is 48.5 Å². The van der Waals surface area contributed by atoms with Crippen LogP contribution >= 0.6 is 7.75 Å². The Balaban J connectivity index is 1.30. The van der Waals surface area contributed by atoms with Crippen molar-refractivity contribution in [2.45, 2.75) is 25.3 Å². The lowest BCUT2D eigenvalue weighted by atomic mass is 10.2. The van der Waals surface area contributed by atoms with Gasteiger partial charge in [-0.25, -0.2) is 19.5 Å². The van der Waals surface area contributed by atoms with Gasteiger partial charge in [0.05, 0.1) is 0 Å². The third-order valence-electron chi connectivity index (χ3n) is 5.89. The average Bonchev–Trinajstić information content (AvgIpc) is 3.56. The molecule has 0 aliphatic carbocycles. The number of carbonyl (C=O) groups excluding carboxylic acids is 1. The van der Waals surface area contributed by atoms with E-state index >= 15 is 0 Å². The smallest absolute Gasteiger partial charge is 0.459 e. The molecule has 41 heavy (non-hydrogen) atoms. The number of aliphatic carboxylic acids is 1. The van der Waals surface area contributed by atoms with Crippen LogP contribution in [0.1, 0.15) is 23.5 Å². The van der Waals surface area contributed by atoms with Crippen LogP contribution in [-0.2, 0) is 18.6 Å². The van der Waals surface area contributed by atoms with Gasteiger partial charge in [-0.2, -0.15) is 5.09 Å². The molecule has 14 nitrogen and oxygen atoms in total. The van der Waals surface area contributed by atoms with Crippen molar-refractivity contribution in [3.8, 4) is 5.75 Å². The van der Waals surface area contributed by atoms with Gasteiger partial charge in [-0.05, 0) is 37.3 Å². The van der Waals surface area contributed by atoms with Crippen LogP contribution in [0.3, 0.4) is 0 Å². The lowest BCUT2D eigenvalue weighted by molar-refractivity contribution is -0.138. The first-order valence-electron chi connectivity index (χ1n) is 12.3. The van der Waals surface area contributed by atoms with Gasteiger partial charge in [-0.1, -0.05) is 36.4 Å². The molecule has 4 aromatic rings. The summed E-state index contributed by atoms with van der Waals surface area (Å²) in [6.07, 6.45) is 1.77. The minimum Gasteiger partial charge on any atom is -0.480 e. The van der Waals surface area contributed by atoms with Gasteiger partial charge in [-0.15, -0.1) is 0 Å². The Hall–Kier alpha value is -4.62. The predicted molar refractivity (Wildman–Crippen MR) is 145 cm³/mol. The van der Waals surface area contributed by atoms with Gasteiger partial charge in [0.15, 0.2) is 17.0 Å². The van der Waals surface area contributed by atoms with Crippen molar-refractivity contribution in [2.75, 3.05) is 11.9 Å². The summed E-state index contributed by atoms with van der Waals surface area (Å²) in [6.45, 7) is 0.872. The SMILES string of the molecule is C[C@H](N[P@](=O)(OCC1=CC(O)C(n2cnc3c(NC(=O)c4ccccc4)ncnc32)O1)Oc1ccccc1)C(=O)O. The minimum atomic E-state index is -4.20. The van der Waals surface area contributed by atoms with Crippen molar-refractivity contribution in [2.24, 2.45) is 0 Å². The van der Waals surface area contributed by atoms with Crippen LogP contribution in [0.2, 0.25) is 0 Å². The van der Waals surface area contributed by atoms with E-state index in [1.807, 2.05) is 0 Å². The van der Waals surface area contributed by atoms with Crippen LogP contribution in [0.5, 0.6) is 5.75 Å². The second-order valence-corrected chi connectivity index (χ2v) is 10.6. The number of carbonyl (C=O) groups is 2. The second-order valence-electron chi connectivity index (χ2n) is 8.86. The molecule has 0 fully saturated rings. The summed E-state index contributed by atoms with van der Waals surface area (Å²) in [5.74, 6) is -1.17. The molecular formula is C26H25N6O8P. The summed E-state index contributed by atoms with van der Waals surface area (Å²) in [5.41, 5.74) is 0.978. The number of amides is 1. The highest BCUT2D eigenvalue weighted by Gasteiger charge is 2.35. The lowest BCUT2D eigenvalue weighted by Crippen LogP contribution is -2.33. The number of anilines is 1. The minimum absolute atomic E-state index is 0.109. The molecule has 1 aliphatic rings. The van der Waals surface area contributed by atoms with Gasteiger partial charge in [0.25, 0.3) is 5.91 Å². The Kier molecular flexibility index (Phi) is 8.08. The Labute approximate surface area is 233 Å². The topological polar surface area (TPSA) is 187 Å². The number of hydrogen-bond acceptors (Lipinski definition) is 10. The zero-order valence-corrected chi connectivity index (χ0v) is 22.4. The molecule has 5 rings (SSSR count). The van der Waals surface area contributed by atoms with E-state index in [2.05, 4.69) is 25.4 Å². The lowest BCUT2D eigenvalue weighted by Gasteiger charge is -2.22. The van der Waals surface area contributed by atoms with E-state index in [1.165, 1.54) is 42.4 Å². The number of para-hydroxylation sites is 1. The molecule has 2 aromatic heterocycles. The number of ether oxygens (including phenoxy) is 1. The van der Waals surface area contributed by atoms with E-state index in [0.717, 1.165) is 0 Å². The van der Waals surface area contributed by atoms with E-state index in [0.29, 0.717) is 5.56 Å². The molecule has 3 heterocycles. The summed E-state index contributed by atoms with van der Waals surface area (Å²) in [7, 11) is -4.20. The first kappa shape index (κ1) is 27.9. The molecule has 2 aromatic carbocycles. The molecule has 4 atom stereocenters. The number of benzene rings is 2. The summed E-state index contributed by atoms with van der Waals surface area (Å²) in [6, 6.07) is 15.5. The van der Waals surface area contributed by atoms with Crippen molar-refractivity contribution >= 4 is 36.6 Å². The number of hydrogen-bond donors (Lipinski definition) is 4. The Morgan fingerprint density at radius 1 is 1.10 bits per heavy atom. The maximum Gasteiger partial charge on any atom is 0.459 e. The number of imidazole rings is 1. The summed E-state index contributed by atoms with van der Waals surface area (Å²) in [4.78, 5) is 36.6. The number of nitrogens with zero attached hydrogens (tertiary/aromatic N) is 4. The quantitative estimate of drug-likeness (QED) is 0.190. The Bertz CT molecular complexity index is 1630. The van der Waals surface area contributed by atoms with Crippen LogP contribution in [0.25, 0.3) is 11.2 Å². The molecule has 15 heteroatoms. The maximum absolute atomic E-state index is 13.4.